The summed E-state index contributed by atoms with van der Waals surface area (Å²) >= 11 is 0. The Morgan fingerprint density at radius 1 is 0.522 bits per heavy atom. The van der Waals surface area contributed by atoms with Crippen LogP contribution in [0.25, 0.3) is 0 Å². The molecule has 1 aromatic carbocycles. The molecule has 4 fully saturated rings. The smallest absolute Gasteiger partial charge is 0.339 e. The van der Waals surface area contributed by atoms with Gasteiger partial charge in [-0.25, -0.2) is 9.59 Å². The molecule has 0 unspecified atom stereocenters. The highest BCUT2D eigenvalue weighted by molar-refractivity contribution is 6.03. The Kier molecular flexibility index (Phi) is 10.6. The summed E-state index contributed by atoms with van der Waals surface area (Å²) in [5, 5.41) is 4.33. The second-order valence-electron chi connectivity index (χ2n) is 17.0. The molecule has 0 amide bonds. The lowest BCUT2D eigenvalue weighted by Gasteiger charge is -2.54. The third-order valence-electron chi connectivity index (χ3n) is 10.6. The molecule has 258 valence electrons. The van der Waals surface area contributed by atoms with Gasteiger partial charge in [0.05, 0.1) is 23.3 Å². The van der Waals surface area contributed by atoms with E-state index in [1.807, 2.05) is 0 Å². The fourth-order valence-electron chi connectivity index (χ4n) is 8.99. The van der Waals surface area contributed by atoms with Crippen LogP contribution in [-0.2, 0) is 19.1 Å². The maximum absolute atomic E-state index is 13.7. The van der Waals surface area contributed by atoms with Crippen LogP contribution in [0.3, 0.4) is 0 Å². The normalized spacial score (nSPS) is 26.4. The van der Waals surface area contributed by atoms with Gasteiger partial charge in [-0.15, -0.1) is 0 Å². The molecule has 0 bridgehead atoms. The highest BCUT2D eigenvalue weighted by Gasteiger charge is 2.50. The van der Waals surface area contributed by atoms with Gasteiger partial charge in [0, 0.05) is 47.8 Å². The van der Waals surface area contributed by atoms with E-state index in [0.29, 0.717) is 25.7 Å². The number of piperidine rings is 2. The SMILES string of the molecule is CC1(C)CC(OC(=O)c2ccccc2C(=O)OC2CC(C)(C)N(OC3CCCCC3)C(C)(C)C2)CC(C)(C)N1OC1CCCCC1. The lowest BCUT2D eigenvalue weighted by molar-refractivity contribution is -0.317. The van der Waals surface area contributed by atoms with Crippen LogP contribution in [0.1, 0.15) is 166 Å². The first-order valence-electron chi connectivity index (χ1n) is 18.0. The van der Waals surface area contributed by atoms with E-state index >= 15 is 0 Å². The maximum Gasteiger partial charge on any atom is 0.339 e. The number of hydrogen-bond donors (Lipinski definition) is 0. The van der Waals surface area contributed by atoms with Gasteiger partial charge in [0.15, 0.2) is 0 Å². The number of hydrogen-bond acceptors (Lipinski definition) is 8. The summed E-state index contributed by atoms with van der Waals surface area (Å²) in [6.07, 6.45) is 14.3. The number of benzene rings is 1. The number of ether oxygens (including phenoxy) is 2. The largest absolute Gasteiger partial charge is 0.459 e. The van der Waals surface area contributed by atoms with E-state index in [-0.39, 0.29) is 57.7 Å². The minimum atomic E-state index is -0.484. The van der Waals surface area contributed by atoms with Gasteiger partial charge < -0.3 is 9.47 Å². The lowest BCUT2D eigenvalue weighted by atomic mass is 9.80. The van der Waals surface area contributed by atoms with Crippen LogP contribution in [0.5, 0.6) is 0 Å². The van der Waals surface area contributed by atoms with Crippen molar-refractivity contribution in [1.82, 2.24) is 10.1 Å². The first-order valence-corrected chi connectivity index (χ1v) is 18.0. The van der Waals surface area contributed by atoms with Crippen molar-refractivity contribution in [3.63, 3.8) is 0 Å². The van der Waals surface area contributed by atoms with Crippen LogP contribution in [-0.4, -0.2) is 68.6 Å². The number of nitrogens with zero attached hydrogens (tertiary/aromatic N) is 2. The Morgan fingerprint density at radius 3 is 1.13 bits per heavy atom. The molecule has 5 rings (SSSR count). The van der Waals surface area contributed by atoms with Crippen molar-refractivity contribution in [3.8, 4) is 0 Å². The van der Waals surface area contributed by atoms with Crippen LogP contribution >= 0.6 is 0 Å². The van der Waals surface area contributed by atoms with E-state index in [2.05, 4.69) is 65.5 Å². The monoisotopic (exact) mass is 640 g/mol. The van der Waals surface area contributed by atoms with Crippen molar-refractivity contribution < 1.29 is 28.7 Å². The molecule has 2 aliphatic heterocycles. The number of rotatable bonds is 8. The standard InChI is InChI=1S/C38H60N2O6/c1-35(2)23-29(24-36(3,4)39(35)45-27-17-11-9-12-18-27)43-33(41)31-21-15-16-22-32(31)34(42)44-30-25-37(5,6)40(38(7,8)26-30)46-28-19-13-10-14-20-28/h15-16,21-22,27-30H,9-14,17-20,23-26H2,1-8H3. The van der Waals surface area contributed by atoms with Crippen LogP contribution in [0.15, 0.2) is 24.3 Å². The topological polar surface area (TPSA) is 77.5 Å². The van der Waals surface area contributed by atoms with Crippen molar-refractivity contribution in [3.05, 3.63) is 35.4 Å². The van der Waals surface area contributed by atoms with Crippen LogP contribution in [0, 0.1) is 0 Å². The molecule has 0 radical (unpaired) electrons. The van der Waals surface area contributed by atoms with Crippen molar-refractivity contribution >= 4 is 11.9 Å². The van der Waals surface area contributed by atoms with Crippen LogP contribution in [0.4, 0.5) is 0 Å². The highest BCUT2D eigenvalue weighted by atomic mass is 16.7. The molecule has 4 aliphatic rings. The van der Waals surface area contributed by atoms with E-state index in [1.54, 1.807) is 24.3 Å². The summed E-state index contributed by atoms with van der Waals surface area (Å²) in [5.41, 5.74) is -0.786. The predicted molar refractivity (Wildman–Crippen MR) is 179 cm³/mol. The Bertz CT molecular complexity index is 1080. The van der Waals surface area contributed by atoms with Crippen molar-refractivity contribution in [2.75, 3.05) is 0 Å². The van der Waals surface area contributed by atoms with Gasteiger partial charge >= 0.3 is 11.9 Å². The average Bonchev–Trinajstić information content (AvgIpc) is 2.97. The molecule has 2 saturated heterocycles. The summed E-state index contributed by atoms with van der Waals surface area (Å²) in [5.74, 6) is -0.968. The van der Waals surface area contributed by atoms with Gasteiger partial charge in [-0.2, -0.15) is 10.1 Å². The van der Waals surface area contributed by atoms with Crippen molar-refractivity contribution in [1.29, 1.82) is 0 Å². The summed E-state index contributed by atoms with van der Waals surface area (Å²) in [7, 11) is 0. The quantitative estimate of drug-likeness (QED) is 0.262. The molecule has 8 nitrogen and oxygen atoms in total. The van der Waals surface area contributed by atoms with E-state index in [9.17, 15) is 9.59 Å². The summed E-state index contributed by atoms with van der Waals surface area (Å²) in [6, 6.07) is 6.89. The third kappa shape index (κ3) is 8.16. The Labute approximate surface area is 277 Å². The fraction of sp³-hybridized carbons (Fsp3) is 0.789. The fourth-order valence-corrected chi connectivity index (χ4v) is 8.99. The van der Waals surface area contributed by atoms with E-state index < -0.39 is 11.9 Å². The molecule has 0 aromatic heterocycles. The molecule has 8 heteroatoms. The highest BCUT2D eigenvalue weighted by Crippen LogP contribution is 2.43. The van der Waals surface area contributed by atoms with Gasteiger partial charge in [-0.1, -0.05) is 50.7 Å². The second kappa shape index (κ2) is 13.9. The minimum Gasteiger partial charge on any atom is -0.459 e. The van der Waals surface area contributed by atoms with Gasteiger partial charge in [0.2, 0.25) is 0 Å². The summed E-state index contributed by atoms with van der Waals surface area (Å²) < 4.78 is 12.3. The Balaban J connectivity index is 1.23. The van der Waals surface area contributed by atoms with E-state index in [4.69, 9.17) is 19.1 Å². The molecular formula is C38H60N2O6. The van der Waals surface area contributed by atoms with Crippen LogP contribution < -0.4 is 0 Å². The molecule has 0 N–H and O–H groups in total. The maximum atomic E-state index is 13.7. The molecule has 2 saturated carbocycles. The molecule has 0 spiro atoms. The minimum absolute atomic E-state index is 0.247. The Hall–Kier alpha value is -2.00. The first-order chi connectivity index (χ1) is 21.6. The summed E-state index contributed by atoms with van der Waals surface area (Å²) in [6.45, 7) is 17.3. The van der Waals surface area contributed by atoms with E-state index in [1.165, 1.54) is 38.5 Å². The Morgan fingerprint density at radius 2 is 0.826 bits per heavy atom. The van der Waals surface area contributed by atoms with Crippen molar-refractivity contribution in [2.45, 2.75) is 192 Å². The number of carbonyl (C=O) groups excluding carboxylic acids is 2. The van der Waals surface area contributed by atoms with Crippen LogP contribution in [0.2, 0.25) is 0 Å². The van der Waals surface area contributed by atoms with Gasteiger partial charge in [-0.05, 0) is 93.2 Å². The molecule has 2 heterocycles. The number of esters is 2. The zero-order valence-corrected chi connectivity index (χ0v) is 29.9. The molecule has 46 heavy (non-hydrogen) atoms. The lowest BCUT2D eigenvalue weighted by Crippen LogP contribution is -2.63. The zero-order chi connectivity index (χ0) is 33.3. The number of hydroxylamine groups is 4. The van der Waals surface area contributed by atoms with Gasteiger partial charge in [0.1, 0.15) is 12.2 Å². The van der Waals surface area contributed by atoms with E-state index in [0.717, 1.165) is 25.7 Å². The molecule has 0 atom stereocenters. The second-order valence-corrected chi connectivity index (χ2v) is 17.0. The summed E-state index contributed by atoms with van der Waals surface area (Å²) in [4.78, 5) is 40.6. The third-order valence-corrected chi connectivity index (χ3v) is 10.6. The molecule has 1 aromatic rings. The molecule has 2 aliphatic carbocycles. The number of carbonyl (C=O) groups is 2. The van der Waals surface area contributed by atoms with Gasteiger partial charge in [0.25, 0.3) is 0 Å². The average molecular weight is 641 g/mol. The first kappa shape index (κ1) is 35.3. The van der Waals surface area contributed by atoms with Gasteiger partial charge in [-0.3, -0.25) is 9.68 Å². The molecular weight excluding hydrogens is 580 g/mol. The zero-order valence-electron chi connectivity index (χ0n) is 29.9. The predicted octanol–water partition coefficient (Wildman–Crippen LogP) is 8.57. The van der Waals surface area contributed by atoms with Crippen molar-refractivity contribution in [2.24, 2.45) is 0 Å².